The van der Waals surface area contributed by atoms with Crippen molar-refractivity contribution in [1.29, 1.82) is 0 Å². The van der Waals surface area contributed by atoms with Gasteiger partial charge < -0.3 is 0 Å². The first-order valence-corrected chi connectivity index (χ1v) is 9.27. The van der Waals surface area contributed by atoms with Crippen LogP contribution in [0.1, 0.15) is 52.4 Å². The van der Waals surface area contributed by atoms with Crippen LogP contribution in [0.3, 0.4) is 0 Å². The second kappa shape index (κ2) is 11.3. The van der Waals surface area contributed by atoms with Crippen LogP contribution in [-0.2, 0) is 0 Å². The first kappa shape index (κ1) is 15.8. The molecule has 3 heteroatoms. The minimum Gasteiger partial charge on any atom is -0.127 e. The molecule has 0 aromatic heterocycles. The number of unbranched alkanes of at least 4 members (excludes halogenated alkanes) is 3. The van der Waals surface area contributed by atoms with Crippen LogP contribution in [0.15, 0.2) is 0 Å². The summed E-state index contributed by atoms with van der Waals surface area (Å²) in [6.45, 7) is 4.52. The fourth-order valence-corrected chi connectivity index (χ4v) is 5.89. The summed E-state index contributed by atoms with van der Waals surface area (Å²) in [5.41, 5.74) is 0. The van der Waals surface area contributed by atoms with E-state index in [1.54, 1.807) is 0 Å². The number of halogens is 2. The molecule has 91 valence electrons. The van der Waals surface area contributed by atoms with Crippen LogP contribution < -0.4 is 0 Å². The maximum absolute atomic E-state index is 6.40. The maximum Gasteiger partial charge on any atom is 0.0701 e. The van der Waals surface area contributed by atoms with E-state index in [1.165, 1.54) is 44.2 Å². The van der Waals surface area contributed by atoms with Crippen molar-refractivity contribution in [1.82, 2.24) is 0 Å². The molecule has 0 saturated heterocycles. The summed E-state index contributed by atoms with van der Waals surface area (Å²) in [6, 6.07) is 2.76. The summed E-state index contributed by atoms with van der Waals surface area (Å²) in [4.78, 5) is 0. The molecule has 0 aromatic carbocycles. The van der Waals surface area contributed by atoms with Gasteiger partial charge in [0.25, 0.3) is 0 Å². The van der Waals surface area contributed by atoms with Crippen LogP contribution in [-0.4, -0.2) is 19.7 Å². The Bertz CT molecular complexity index is 131. The van der Waals surface area contributed by atoms with Crippen LogP contribution in [0.5, 0.6) is 0 Å². The third-order valence-electron chi connectivity index (χ3n) is 2.73. The lowest BCUT2D eigenvalue weighted by atomic mass is 10.2. The molecule has 15 heavy (non-hydrogen) atoms. The molecule has 0 fully saturated rings. The first-order valence-electron chi connectivity index (χ1n) is 6.30. The Morgan fingerprint density at radius 1 is 1.00 bits per heavy atom. The second-order valence-corrected chi connectivity index (χ2v) is 8.45. The largest absolute Gasteiger partial charge is 0.127 e. The van der Waals surface area contributed by atoms with Crippen molar-refractivity contribution in [3.05, 3.63) is 0 Å². The van der Waals surface area contributed by atoms with Crippen molar-refractivity contribution >= 4 is 32.0 Å². The van der Waals surface area contributed by atoms with E-state index in [4.69, 9.17) is 23.2 Å². The SMILES string of the molecule is CCCCCC[Si](CCC)C(Cl)CCCl. The average Bonchev–Trinajstić information content (AvgIpc) is 2.23. The lowest BCUT2D eigenvalue weighted by Crippen LogP contribution is -2.26. The van der Waals surface area contributed by atoms with E-state index in [1.807, 2.05) is 0 Å². The van der Waals surface area contributed by atoms with E-state index in [-0.39, 0.29) is 8.80 Å². The van der Waals surface area contributed by atoms with E-state index >= 15 is 0 Å². The smallest absolute Gasteiger partial charge is 0.0701 e. The normalized spacial score (nSPS) is 13.4. The molecule has 0 nitrogen and oxygen atoms in total. The van der Waals surface area contributed by atoms with Gasteiger partial charge in [0, 0.05) is 10.9 Å². The Morgan fingerprint density at radius 2 is 1.73 bits per heavy atom. The highest BCUT2D eigenvalue weighted by Gasteiger charge is 2.19. The van der Waals surface area contributed by atoms with Gasteiger partial charge in [-0.1, -0.05) is 58.0 Å². The second-order valence-electron chi connectivity index (χ2n) is 4.16. The molecule has 1 radical (unpaired) electrons. The summed E-state index contributed by atoms with van der Waals surface area (Å²) in [5, 5.41) is 0.397. The highest BCUT2D eigenvalue weighted by molar-refractivity contribution is 6.69. The molecule has 0 aliphatic heterocycles. The lowest BCUT2D eigenvalue weighted by Gasteiger charge is -2.19. The van der Waals surface area contributed by atoms with Crippen molar-refractivity contribution in [3.8, 4) is 0 Å². The quantitative estimate of drug-likeness (QED) is 0.288. The molecule has 0 aliphatic carbocycles. The van der Waals surface area contributed by atoms with Crippen LogP contribution in [0.4, 0.5) is 0 Å². The van der Waals surface area contributed by atoms with Crippen molar-refractivity contribution in [3.63, 3.8) is 0 Å². The minimum atomic E-state index is -0.335. The van der Waals surface area contributed by atoms with Crippen molar-refractivity contribution in [2.24, 2.45) is 0 Å². The molecule has 0 aromatic rings. The topological polar surface area (TPSA) is 0 Å². The van der Waals surface area contributed by atoms with Gasteiger partial charge in [0.2, 0.25) is 0 Å². The first-order chi connectivity index (χ1) is 7.26. The summed E-state index contributed by atoms with van der Waals surface area (Å²) < 4.78 is 0. The monoisotopic (exact) mass is 267 g/mol. The lowest BCUT2D eigenvalue weighted by molar-refractivity contribution is 0.695. The Kier molecular flexibility index (Phi) is 11.9. The standard InChI is InChI=1S/C12H25Cl2Si/c1-3-5-6-7-11-15(10-4-2)12(14)8-9-13/h12H,3-11H2,1-2H3. The summed E-state index contributed by atoms with van der Waals surface area (Å²) in [7, 11) is -0.335. The van der Waals surface area contributed by atoms with Gasteiger partial charge in [-0.2, -0.15) is 0 Å². The van der Waals surface area contributed by atoms with E-state index < -0.39 is 0 Å². The molecule has 0 N–H and O–H groups in total. The molecular formula is C12H25Cl2Si. The number of hydrogen-bond acceptors (Lipinski definition) is 0. The molecule has 0 rings (SSSR count). The molecule has 1 unspecified atom stereocenters. The van der Waals surface area contributed by atoms with Crippen LogP contribution in [0.25, 0.3) is 0 Å². The zero-order valence-corrected chi connectivity index (χ0v) is 12.7. The molecule has 1 atom stereocenters. The van der Waals surface area contributed by atoms with Gasteiger partial charge in [0.15, 0.2) is 0 Å². The Balaban J connectivity index is 3.71. The van der Waals surface area contributed by atoms with E-state index in [9.17, 15) is 0 Å². The maximum atomic E-state index is 6.40. The Labute approximate surface area is 107 Å². The molecule has 0 spiro atoms. The summed E-state index contributed by atoms with van der Waals surface area (Å²) in [5.74, 6) is 0.723. The molecule has 0 bridgehead atoms. The average molecular weight is 268 g/mol. The minimum absolute atomic E-state index is 0.335. The molecule has 0 aliphatic rings. The third kappa shape index (κ3) is 8.59. The van der Waals surface area contributed by atoms with Crippen LogP contribution in [0.2, 0.25) is 12.1 Å². The zero-order valence-electron chi connectivity index (χ0n) is 10.2. The van der Waals surface area contributed by atoms with E-state index in [2.05, 4.69) is 13.8 Å². The molecule has 0 heterocycles. The predicted molar refractivity (Wildman–Crippen MR) is 74.8 cm³/mol. The summed E-state index contributed by atoms with van der Waals surface area (Å²) >= 11 is 12.2. The number of rotatable bonds is 10. The van der Waals surface area contributed by atoms with E-state index in [0.717, 1.165) is 12.3 Å². The van der Waals surface area contributed by atoms with Gasteiger partial charge in [0.1, 0.15) is 0 Å². The molecular weight excluding hydrogens is 243 g/mol. The highest BCUT2D eigenvalue weighted by Crippen LogP contribution is 2.19. The van der Waals surface area contributed by atoms with Gasteiger partial charge >= 0.3 is 0 Å². The van der Waals surface area contributed by atoms with E-state index in [0.29, 0.717) is 5.00 Å². The third-order valence-corrected chi connectivity index (χ3v) is 7.40. The Hall–Kier alpha value is 0.797. The van der Waals surface area contributed by atoms with Gasteiger partial charge in [-0.3, -0.25) is 0 Å². The fraction of sp³-hybridized carbons (Fsp3) is 1.00. The number of hydrogen-bond donors (Lipinski definition) is 0. The van der Waals surface area contributed by atoms with Crippen molar-refractivity contribution in [2.75, 3.05) is 5.88 Å². The van der Waals surface area contributed by atoms with Crippen LogP contribution in [0, 0.1) is 0 Å². The van der Waals surface area contributed by atoms with Gasteiger partial charge in [-0.25, -0.2) is 0 Å². The Morgan fingerprint density at radius 3 is 2.27 bits per heavy atom. The van der Waals surface area contributed by atoms with Gasteiger partial charge in [-0.15, -0.1) is 23.2 Å². The van der Waals surface area contributed by atoms with Crippen LogP contribution >= 0.6 is 23.2 Å². The van der Waals surface area contributed by atoms with Crippen molar-refractivity contribution in [2.45, 2.75) is 69.5 Å². The zero-order chi connectivity index (χ0) is 11.5. The van der Waals surface area contributed by atoms with Crippen molar-refractivity contribution < 1.29 is 0 Å². The van der Waals surface area contributed by atoms with Gasteiger partial charge in [-0.05, 0) is 6.42 Å². The molecule has 0 saturated carbocycles. The molecule has 0 amide bonds. The number of alkyl halides is 2. The predicted octanol–water partition coefficient (Wildman–Crippen LogP) is 5.25. The highest BCUT2D eigenvalue weighted by atomic mass is 35.5. The van der Waals surface area contributed by atoms with Gasteiger partial charge in [0.05, 0.1) is 8.80 Å². The summed E-state index contributed by atoms with van der Waals surface area (Å²) in [6.07, 6.45) is 7.76. The fourth-order valence-electron chi connectivity index (χ4n) is 1.84.